The normalized spacial score (nSPS) is 24.2. The van der Waals surface area contributed by atoms with Gasteiger partial charge < -0.3 is 5.73 Å². The maximum absolute atomic E-state index is 12.0. The van der Waals surface area contributed by atoms with Crippen LogP contribution in [-0.2, 0) is 9.84 Å². The number of rotatable bonds is 4. The van der Waals surface area contributed by atoms with E-state index in [-0.39, 0.29) is 12.1 Å². The third-order valence-electron chi connectivity index (χ3n) is 3.52. The summed E-state index contributed by atoms with van der Waals surface area (Å²) in [5, 5.41) is -0.467. The van der Waals surface area contributed by atoms with Crippen LogP contribution in [0.5, 0.6) is 0 Å². The molecule has 0 aliphatic carbocycles. The Morgan fingerprint density at radius 2 is 2.10 bits per heavy atom. The fourth-order valence-electron chi connectivity index (χ4n) is 2.64. The van der Waals surface area contributed by atoms with E-state index < -0.39 is 15.2 Å². The molecule has 0 amide bonds. The highest BCUT2D eigenvalue weighted by Gasteiger charge is 2.37. The van der Waals surface area contributed by atoms with Gasteiger partial charge in [0.25, 0.3) is 0 Å². The maximum Gasteiger partial charge on any atom is 0.164 e. The molecule has 1 aromatic rings. The van der Waals surface area contributed by atoms with Gasteiger partial charge in [0.1, 0.15) is 5.37 Å². The van der Waals surface area contributed by atoms with Crippen molar-refractivity contribution >= 4 is 21.6 Å². The Balaban J connectivity index is 2.37. The van der Waals surface area contributed by atoms with Crippen molar-refractivity contribution in [3.8, 4) is 0 Å². The summed E-state index contributed by atoms with van der Waals surface area (Å²) in [6.45, 7) is 2.66. The van der Waals surface area contributed by atoms with Crippen LogP contribution in [0, 0.1) is 0 Å². The smallest absolute Gasteiger partial charge is 0.164 e. The fourth-order valence-corrected chi connectivity index (χ4v) is 5.54. The highest BCUT2D eigenvalue weighted by molar-refractivity contribution is 8.00. The molecule has 5 nitrogen and oxygen atoms in total. The first kappa shape index (κ1) is 15.8. The number of sulfone groups is 1. The quantitative estimate of drug-likeness (QED) is 0.889. The minimum Gasteiger partial charge on any atom is -0.326 e. The summed E-state index contributed by atoms with van der Waals surface area (Å²) < 4.78 is 24.1. The second-order valence-electron chi connectivity index (χ2n) is 5.18. The van der Waals surface area contributed by atoms with Crippen LogP contribution >= 0.6 is 11.8 Å². The molecule has 2 heterocycles. The van der Waals surface area contributed by atoms with E-state index in [1.54, 1.807) is 24.2 Å². The molecular formula is C13H21N3O2S2. The Labute approximate surface area is 124 Å². The lowest BCUT2D eigenvalue weighted by Gasteiger charge is -2.41. The Kier molecular flexibility index (Phi) is 5.06. The van der Waals surface area contributed by atoms with E-state index in [4.69, 9.17) is 5.73 Å². The standard InChI is InChI=1S/C13H21N3O2S2/c1-10(14)13(11-3-5-15-6-4-11)16-7-8-19-9-12(16)20(2,17)18/h3-6,10,12-13H,7-9,14H2,1-2H3. The van der Waals surface area contributed by atoms with Crippen LogP contribution in [-0.4, -0.2) is 54.0 Å². The van der Waals surface area contributed by atoms with Crippen LogP contribution in [0.1, 0.15) is 18.5 Å². The Hall–Kier alpha value is -0.630. The third kappa shape index (κ3) is 3.52. The largest absolute Gasteiger partial charge is 0.326 e. The molecule has 3 unspecified atom stereocenters. The van der Waals surface area contributed by atoms with E-state index >= 15 is 0 Å². The van der Waals surface area contributed by atoms with E-state index in [1.165, 1.54) is 6.26 Å². The van der Waals surface area contributed by atoms with Crippen LogP contribution in [0.15, 0.2) is 24.5 Å². The highest BCUT2D eigenvalue weighted by atomic mass is 32.2. The van der Waals surface area contributed by atoms with Gasteiger partial charge in [-0.15, -0.1) is 0 Å². The van der Waals surface area contributed by atoms with E-state index in [9.17, 15) is 8.42 Å². The fraction of sp³-hybridized carbons (Fsp3) is 0.615. The molecule has 112 valence electrons. The first-order valence-corrected chi connectivity index (χ1v) is 9.70. The summed E-state index contributed by atoms with van der Waals surface area (Å²) in [5.74, 6) is 1.54. The predicted octanol–water partition coefficient (Wildman–Crippen LogP) is 0.889. The van der Waals surface area contributed by atoms with Crippen LogP contribution in [0.25, 0.3) is 0 Å². The zero-order chi connectivity index (χ0) is 14.8. The van der Waals surface area contributed by atoms with Crippen LogP contribution < -0.4 is 5.73 Å². The molecule has 1 aromatic heterocycles. The van der Waals surface area contributed by atoms with Gasteiger partial charge in [0.15, 0.2) is 9.84 Å². The van der Waals surface area contributed by atoms with Crippen molar-refractivity contribution in [2.24, 2.45) is 5.73 Å². The molecule has 2 rings (SSSR count). The van der Waals surface area contributed by atoms with Gasteiger partial charge in [-0.25, -0.2) is 8.42 Å². The molecule has 20 heavy (non-hydrogen) atoms. The van der Waals surface area contributed by atoms with Gasteiger partial charge in [0.2, 0.25) is 0 Å². The molecule has 0 radical (unpaired) electrons. The first-order chi connectivity index (χ1) is 9.41. The zero-order valence-electron chi connectivity index (χ0n) is 11.8. The van der Waals surface area contributed by atoms with E-state index in [1.807, 2.05) is 24.0 Å². The van der Waals surface area contributed by atoms with Gasteiger partial charge in [-0.3, -0.25) is 9.88 Å². The van der Waals surface area contributed by atoms with E-state index in [0.717, 1.165) is 17.9 Å². The van der Waals surface area contributed by atoms with Gasteiger partial charge >= 0.3 is 0 Å². The predicted molar refractivity (Wildman–Crippen MR) is 83.3 cm³/mol. The number of hydrogen-bond acceptors (Lipinski definition) is 6. The zero-order valence-corrected chi connectivity index (χ0v) is 13.4. The first-order valence-electron chi connectivity index (χ1n) is 6.59. The van der Waals surface area contributed by atoms with Crippen molar-refractivity contribution in [1.29, 1.82) is 0 Å². The van der Waals surface area contributed by atoms with E-state index in [0.29, 0.717) is 5.75 Å². The summed E-state index contributed by atoms with van der Waals surface area (Å²) >= 11 is 1.68. The summed E-state index contributed by atoms with van der Waals surface area (Å²) in [6.07, 6.45) is 4.75. The molecule has 1 aliphatic rings. The van der Waals surface area contributed by atoms with Crippen LogP contribution in [0.3, 0.4) is 0 Å². The molecule has 0 saturated carbocycles. The van der Waals surface area contributed by atoms with Crippen LogP contribution in [0.4, 0.5) is 0 Å². The number of hydrogen-bond donors (Lipinski definition) is 1. The average Bonchev–Trinajstić information content (AvgIpc) is 2.39. The Bertz CT molecular complexity index is 534. The topological polar surface area (TPSA) is 76.3 Å². The molecule has 2 N–H and O–H groups in total. The van der Waals surface area contributed by atoms with Crippen LogP contribution in [0.2, 0.25) is 0 Å². The molecule has 0 spiro atoms. The minimum atomic E-state index is -3.13. The lowest BCUT2D eigenvalue weighted by atomic mass is 10.0. The molecule has 3 atom stereocenters. The van der Waals surface area contributed by atoms with Crippen molar-refractivity contribution in [1.82, 2.24) is 9.88 Å². The van der Waals surface area contributed by atoms with Gasteiger partial charge in [0, 0.05) is 42.7 Å². The van der Waals surface area contributed by atoms with Crippen molar-refractivity contribution in [3.05, 3.63) is 30.1 Å². The molecule has 0 aromatic carbocycles. The lowest BCUT2D eigenvalue weighted by molar-refractivity contribution is 0.172. The summed E-state index contributed by atoms with van der Waals surface area (Å²) in [5.41, 5.74) is 7.16. The van der Waals surface area contributed by atoms with Gasteiger partial charge in [-0.1, -0.05) is 0 Å². The summed E-state index contributed by atoms with van der Waals surface area (Å²) in [7, 11) is -3.13. The number of nitrogens with zero attached hydrogens (tertiary/aromatic N) is 2. The maximum atomic E-state index is 12.0. The molecule has 0 bridgehead atoms. The lowest BCUT2D eigenvalue weighted by Crippen LogP contribution is -2.52. The van der Waals surface area contributed by atoms with Crippen molar-refractivity contribution in [3.63, 3.8) is 0 Å². The van der Waals surface area contributed by atoms with Crippen molar-refractivity contribution in [2.75, 3.05) is 24.3 Å². The second kappa shape index (κ2) is 6.43. The summed E-state index contributed by atoms with van der Waals surface area (Å²) in [6, 6.07) is 3.58. The van der Waals surface area contributed by atoms with Gasteiger partial charge in [-0.2, -0.15) is 11.8 Å². The molecule has 1 saturated heterocycles. The van der Waals surface area contributed by atoms with Gasteiger partial charge in [-0.05, 0) is 24.6 Å². The number of pyridine rings is 1. The Morgan fingerprint density at radius 3 is 2.65 bits per heavy atom. The highest BCUT2D eigenvalue weighted by Crippen LogP contribution is 2.31. The number of aromatic nitrogens is 1. The monoisotopic (exact) mass is 315 g/mol. The van der Waals surface area contributed by atoms with Gasteiger partial charge in [0.05, 0.1) is 6.04 Å². The Morgan fingerprint density at radius 1 is 1.45 bits per heavy atom. The van der Waals surface area contributed by atoms with Crippen molar-refractivity contribution < 1.29 is 8.42 Å². The number of nitrogens with two attached hydrogens (primary N) is 1. The third-order valence-corrected chi connectivity index (χ3v) is 6.18. The second-order valence-corrected chi connectivity index (χ2v) is 8.53. The summed E-state index contributed by atoms with van der Waals surface area (Å²) in [4.78, 5) is 6.05. The molecule has 1 fully saturated rings. The SMILES string of the molecule is CC(N)C(c1ccncc1)N1CCSCC1S(C)(=O)=O. The van der Waals surface area contributed by atoms with Crippen molar-refractivity contribution in [2.45, 2.75) is 24.4 Å². The average molecular weight is 315 g/mol. The molecule has 7 heteroatoms. The molecule has 1 aliphatic heterocycles. The number of thioether (sulfide) groups is 1. The van der Waals surface area contributed by atoms with E-state index in [2.05, 4.69) is 4.98 Å². The molecular weight excluding hydrogens is 294 g/mol. The minimum absolute atomic E-state index is 0.0985.